The number of anilines is 2. The Hall–Kier alpha value is -3.33. The minimum Gasteiger partial charge on any atom is -0.389 e. The summed E-state index contributed by atoms with van der Waals surface area (Å²) in [5, 5.41) is 31.6. The first-order valence-electron chi connectivity index (χ1n) is 8.47. The average Bonchev–Trinajstić information content (AvgIpc) is 3.08. The fraction of sp³-hybridized carbons (Fsp3) is 0.222. The van der Waals surface area contributed by atoms with Gasteiger partial charge in [0.1, 0.15) is 6.07 Å². The molecule has 150 valence electrons. The van der Waals surface area contributed by atoms with Gasteiger partial charge in [-0.25, -0.2) is 23.5 Å². The molecule has 4 N–H and O–H groups in total. The highest BCUT2D eigenvalue weighted by atomic mass is 32.2. The summed E-state index contributed by atoms with van der Waals surface area (Å²) in [5.74, 6) is 0.220. The quantitative estimate of drug-likeness (QED) is 0.546. The van der Waals surface area contributed by atoms with E-state index < -0.39 is 15.6 Å². The molecule has 3 aromatic rings. The van der Waals surface area contributed by atoms with Crippen LogP contribution in [-0.4, -0.2) is 38.9 Å². The zero-order valence-electron chi connectivity index (χ0n) is 15.7. The van der Waals surface area contributed by atoms with Crippen LogP contribution in [0.5, 0.6) is 0 Å². The Balaban J connectivity index is 1.89. The van der Waals surface area contributed by atoms with Gasteiger partial charge in [-0.05, 0) is 38.1 Å². The van der Waals surface area contributed by atoms with Crippen LogP contribution < -0.4 is 10.5 Å². The molecular weight excluding hydrogens is 394 g/mol. The van der Waals surface area contributed by atoms with Crippen molar-refractivity contribution >= 4 is 21.7 Å². The number of nitriles is 1. The van der Waals surface area contributed by atoms with Crippen molar-refractivity contribution in [3.8, 4) is 17.3 Å². The summed E-state index contributed by atoms with van der Waals surface area (Å²) in [5.41, 5.74) is 0.853. The fourth-order valence-corrected chi connectivity index (χ4v) is 3.09. The third-order valence-corrected chi connectivity index (χ3v) is 4.73. The van der Waals surface area contributed by atoms with E-state index in [1.165, 1.54) is 30.5 Å². The molecule has 0 amide bonds. The van der Waals surface area contributed by atoms with Crippen molar-refractivity contribution in [1.29, 1.82) is 5.26 Å². The molecule has 0 spiro atoms. The Kier molecular flexibility index (Phi) is 5.34. The Morgan fingerprint density at radius 1 is 1.28 bits per heavy atom. The standard InChI is InChI=1S/C18H19N7O3S/c1-18(2,26)11-25-10-13(9-22-25)16-12(7-19)8-21-17(24-16)23-14-3-5-15(6-4-14)29(20,27)28/h3-6,8-10,26H,11H2,1-2H3,(H2,20,27,28)(H,21,23,24). The largest absolute Gasteiger partial charge is 0.389 e. The van der Waals surface area contributed by atoms with Crippen molar-refractivity contribution in [2.45, 2.75) is 30.9 Å². The Labute approximate surface area is 167 Å². The van der Waals surface area contributed by atoms with Crippen LogP contribution in [-0.2, 0) is 16.6 Å². The summed E-state index contributed by atoms with van der Waals surface area (Å²) in [6.07, 6.45) is 4.63. The summed E-state index contributed by atoms with van der Waals surface area (Å²) in [7, 11) is -3.78. The molecular formula is C18H19N7O3S. The second kappa shape index (κ2) is 7.59. The third kappa shape index (κ3) is 5.14. The molecule has 0 atom stereocenters. The molecule has 0 saturated carbocycles. The molecule has 1 aromatic carbocycles. The van der Waals surface area contributed by atoms with Crippen molar-refractivity contribution in [3.05, 3.63) is 48.4 Å². The highest BCUT2D eigenvalue weighted by molar-refractivity contribution is 7.89. The van der Waals surface area contributed by atoms with Crippen LogP contribution >= 0.6 is 0 Å². The third-order valence-electron chi connectivity index (χ3n) is 3.80. The molecule has 3 rings (SSSR count). The predicted octanol–water partition coefficient (Wildman–Crippen LogP) is 1.37. The van der Waals surface area contributed by atoms with Crippen molar-refractivity contribution < 1.29 is 13.5 Å². The molecule has 11 heteroatoms. The number of rotatable bonds is 6. The summed E-state index contributed by atoms with van der Waals surface area (Å²) >= 11 is 0. The molecule has 2 aromatic heterocycles. The van der Waals surface area contributed by atoms with Crippen LogP contribution in [0.4, 0.5) is 11.6 Å². The molecule has 0 saturated heterocycles. The Morgan fingerprint density at radius 2 is 1.97 bits per heavy atom. The molecule has 0 aliphatic rings. The molecule has 0 radical (unpaired) electrons. The molecule has 0 aliphatic heterocycles. The van der Waals surface area contributed by atoms with E-state index in [2.05, 4.69) is 20.4 Å². The number of benzene rings is 1. The maximum atomic E-state index is 11.3. The number of aliphatic hydroxyl groups is 1. The monoisotopic (exact) mass is 413 g/mol. The second-order valence-corrected chi connectivity index (χ2v) is 8.56. The van der Waals surface area contributed by atoms with Gasteiger partial charge in [-0.3, -0.25) is 4.68 Å². The van der Waals surface area contributed by atoms with Crippen LogP contribution in [0.25, 0.3) is 11.3 Å². The first kappa shape index (κ1) is 20.4. The number of nitrogens with two attached hydrogens (primary N) is 1. The highest BCUT2D eigenvalue weighted by Gasteiger charge is 2.17. The van der Waals surface area contributed by atoms with E-state index in [9.17, 15) is 18.8 Å². The highest BCUT2D eigenvalue weighted by Crippen LogP contribution is 2.23. The topological polar surface area (TPSA) is 160 Å². The van der Waals surface area contributed by atoms with Gasteiger partial charge in [-0.15, -0.1) is 0 Å². The van der Waals surface area contributed by atoms with E-state index >= 15 is 0 Å². The fourth-order valence-electron chi connectivity index (χ4n) is 2.57. The number of nitrogens with one attached hydrogen (secondary N) is 1. The average molecular weight is 413 g/mol. The van der Waals surface area contributed by atoms with Crippen LogP contribution in [0.2, 0.25) is 0 Å². The lowest BCUT2D eigenvalue weighted by molar-refractivity contribution is 0.0577. The predicted molar refractivity (Wildman–Crippen MR) is 105 cm³/mol. The summed E-state index contributed by atoms with van der Waals surface area (Å²) in [4.78, 5) is 8.49. The number of aromatic nitrogens is 4. The van der Waals surface area contributed by atoms with Crippen LogP contribution in [0, 0.1) is 11.3 Å². The lowest BCUT2D eigenvalue weighted by atomic mass is 10.1. The normalized spacial score (nSPS) is 11.8. The van der Waals surface area contributed by atoms with E-state index in [1.807, 2.05) is 6.07 Å². The number of nitrogens with zero attached hydrogens (tertiary/aromatic N) is 5. The summed E-state index contributed by atoms with van der Waals surface area (Å²) < 4.78 is 24.3. The first-order valence-corrected chi connectivity index (χ1v) is 10.0. The summed E-state index contributed by atoms with van der Waals surface area (Å²) in [6, 6.07) is 7.84. The van der Waals surface area contributed by atoms with Gasteiger partial charge < -0.3 is 10.4 Å². The van der Waals surface area contributed by atoms with Gasteiger partial charge in [0.05, 0.1) is 40.7 Å². The number of hydrogen-bond donors (Lipinski definition) is 3. The van der Waals surface area contributed by atoms with Crippen LogP contribution in [0.3, 0.4) is 0 Å². The van der Waals surface area contributed by atoms with E-state index in [4.69, 9.17) is 5.14 Å². The molecule has 10 nitrogen and oxygen atoms in total. The SMILES string of the molecule is CC(C)(O)Cn1cc(-c2nc(Nc3ccc(S(N)(=O)=O)cc3)ncc2C#N)cn1. The first-order chi connectivity index (χ1) is 13.5. The van der Waals surface area contributed by atoms with Gasteiger partial charge in [-0.1, -0.05) is 0 Å². The molecule has 0 bridgehead atoms. The lowest BCUT2D eigenvalue weighted by Crippen LogP contribution is -2.26. The van der Waals surface area contributed by atoms with Gasteiger partial charge in [0.25, 0.3) is 0 Å². The molecule has 0 unspecified atom stereocenters. The minimum atomic E-state index is -3.78. The van der Waals surface area contributed by atoms with Crippen molar-refractivity contribution in [2.24, 2.45) is 5.14 Å². The van der Waals surface area contributed by atoms with E-state index in [0.717, 1.165) is 0 Å². The van der Waals surface area contributed by atoms with Crippen molar-refractivity contribution in [1.82, 2.24) is 19.7 Å². The lowest BCUT2D eigenvalue weighted by Gasteiger charge is -2.16. The van der Waals surface area contributed by atoms with Gasteiger partial charge in [0.15, 0.2) is 0 Å². The zero-order valence-corrected chi connectivity index (χ0v) is 16.6. The maximum Gasteiger partial charge on any atom is 0.238 e. The zero-order chi connectivity index (χ0) is 21.2. The number of hydrogen-bond acceptors (Lipinski definition) is 8. The Morgan fingerprint density at radius 3 is 2.55 bits per heavy atom. The Bertz CT molecular complexity index is 1170. The van der Waals surface area contributed by atoms with Crippen molar-refractivity contribution in [3.63, 3.8) is 0 Å². The van der Waals surface area contributed by atoms with Gasteiger partial charge in [0.2, 0.25) is 16.0 Å². The molecule has 0 fully saturated rings. The molecule has 2 heterocycles. The smallest absolute Gasteiger partial charge is 0.238 e. The van der Waals surface area contributed by atoms with Gasteiger partial charge in [0, 0.05) is 17.4 Å². The van der Waals surface area contributed by atoms with E-state index in [1.54, 1.807) is 30.9 Å². The molecule has 29 heavy (non-hydrogen) atoms. The van der Waals surface area contributed by atoms with E-state index in [-0.39, 0.29) is 23.0 Å². The summed E-state index contributed by atoms with van der Waals surface area (Å²) in [6.45, 7) is 3.62. The van der Waals surface area contributed by atoms with Crippen LogP contribution in [0.1, 0.15) is 19.4 Å². The minimum absolute atomic E-state index is 0.0105. The van der Waals surface area contributed by atoms with Gasteiger partial charge in [-0.2, -0.15) is 10.4 Å². The van der Waals surface area contributed by atoms with E-state index in [0.29, 0.717) is 16.9 Å². The number of sulfonamides is 1. The maximum absolute atomic E-state index is 11.3. The van der Waals surface area contributed by atoms with Crippen LogP contribution in [0.15, 0.2) is 47.8 Å². The molecule has 0 aliphatic carbocycles. The van der Waals surface area contributed by atoms with Gasteiger partial charge >= 0.3 is 0 Å². The number of primary sulfonamides is 1. The second-order valence-electron chi connectivity index (χ2n) is 7.00. The van der Waals surface area contributed by atoms with Crippen molar-refractivity contribution in [2.75, 3.05) is 5.32 Å².